The van der Waals surface area contributed by atoms with E-state index in [9.17, 15) is 19.2 Å². The summed E-state index contributed by atoms with van der Waals surface area (Å²) >= 11 is 0. The van der Waals surface area contributed by atoms with E-state index in [-0.39, 0.29) is 17.6 Å². The Balaban J connectivity index is 2.97. The number of carbonyl (C=O) groups excluding carboxylic acids is 4. The fourth-order valence-corrected chi connectivity index (χ4v) is 3.79. The fourth-order valence-electron chi connectivity index (χ4n) is 3.79. The molecular weight excluding hydrogens is 384 g/mol. The largest absolute Gasteiger partial charge is 0.444 e. The molecule has 0 heterocycles. The Bertz CT molecular complexity index is 647. The van der Waals surface area contributed by atoms with Crippen molar-refractivity contribution in [1.82, 2.24) is 10.2 Å². The first kappa shape index (κ1) is 26.1. The van der Waals surface area contributed by atoms with Crippen LogP contribution in [-0.2, 0) is 19.1 Å². The van der Waals surface area contributed by atoms with Crippen LogP contribution in [0.1, 0.15) is 74.7 Å². The van der Waals surface area contributed by atoms with Crippen LogP contribution in [0.4, 0.5) is 4.79 Å². The number of carbonyl (C=O) groups is 4. The van der Waals surface area contributed by atoms with Gasteiger partial charge in [0.2, 0.25) is 5.91 Å². The van der Waals surface area contributed by atoms with E-state index in [1.807, 2.05) is 20.8 Å². The van der Waals surface area contributed by atoms with Gasteiger partial charge in [0.1, 0.15) is 17.9 Å². The molecule has 172 valence electrons. The van der Waals surface area contributed by atoms with Crippen LogP contribution in [0.25, 0.3) is 0 Å². The van der Waals surface area contributed by atoms with Gasteiger partial charge in [-0.3, -0.25) is 14.5 Å². The molecule has 1 N–H and O–H groups in total. The zero-order valence-electron chi connectivity index (χ0n) is 20.1. The van der Waals surface area contributed by atoms with Crippen molar-refractivity contribution >= 4 is 24.1 Å². The average molecular weight is 425 g/mol. The molecule has 0 aromatic heterocycles. The van der Waals surface area contributed by atoms with Crippen molar-refractivity contribution in [2.24, 2.45) is 23.2 Å². The number of hydrogen-bond acceptors (Lipinski definition) is 5. The van der Waals surface area contributed by atoms with E-state index in [1.165, 1.54) is 11.9 Å². The summed E-state index contributed by atoms with van der Waals surface area (Å²) in [6.45, 7) is 14.6. The summed E-state index contributed by atoms with van der Waals surface area (Å²) in [5, 5.41) is 2.85. The minimum atomic E-state index is -0.814. The number of hydrogen-bond donors (Lipinski definition) is 1. The van der Waals surface area contributed by atoms with Gasteiger partial charge < -0.3 is 14.8 Å². The topological polar surface area (TPSA) is 92.8 Å². The van der Waals surface area contributed by atoms with Crippen molar-refractivity contribution in [2.75, 3.05) is 7.05 Å². The van der Waals surface area contributed by atoms with Gasteiger partial charge in [-0.05, 0) is 58.3 Å². The molecule has 0 saturated heterocycles. The van der Waals surface area contributed by atoms with Crippen LogP contribution in [0.15, 0.2) is 0 Å². The third-order valence-corrected chi connectivity index (χ3v) is 5.78. The fraction of sp³-hybridized carbons (Fsp3) is 0.826. The summed E-state index contributed by atoms with van der Waals surface area (Å²) in [5.74, 6) is -0.822. The molecule has 30 heavy (non-hydrogen) atoms. The highest BCUT2D eigenvalue weighted by Crippen LogP contribution is 2.36. The number of Topliss-reactive ketones (excluding diaryl/α,β-unsaturated/α-hetero) is 1. The van der Waals surface area contributed by atoms with Crippen LogP contribution in [-0.4, -0.2) is 53.7 Å². The van der Waals surface area contributed by atoms with Gasteiger partial charge in [-0.2, -0.15) is 0 Å². The van der Waals surface area contributed by atoms with Crippen molar-refractivity contribution in [3.63, 3.8) is 0 Å². The number of aldehydes is 1. The van der Waals surface area contributed by atoms with Gasteiger partial charge in [0.15, 0.2) is 5.78 Å². The van der Waals surface area contributed by atoms with Gasteiger partial charge in [-0.25, -0.2) is 4.79 Å². The first-order chi connectivity index (χ1) is 13.6. The highest BCUT2D eigenvalue weighted by molar-refractivity contribution is 5.94. The van der Waals surface area contributed by atoms with Gasteiger partial charge in [0, 0.05) is 18.9 Å². The summed E-state index contributed by atoms with van der Waals surface area (Å²) < 4.78 is 5.33. The van der Waals surface area contributed by atoms with E-state index < -0.39 is 35.1 Å². The van der Waals surface area contributed by atoms with Gasteiger partial charge in [-0.15, -0.1) is 0 Å². The molecule has 7 nitrogen and oxygen atoms in total. The quantitative estimate of drug-likeness (QED) is 0.658. The summed E-state index contributed by atoms with van der Waals surface area (Å²) in [7, 11) is 1.50. The van der Waals surface area contributed by atoms with Gasteiger partial charge >= 0.3 is 6.09 Å². The minimum Gasteiger partial charge on any atom is -0.444 e. The number of ketones is 1. The lowest BCUT2D eigenvalue weighted by molar-refractivity contribution is -0.137. The summed E-state index contributed by atoms with van der Waals surface area (Å²) in [6, 6.07) is -1.56. The lowest BCUT2D eigenvalue weighted by Crippen LogP contribution is -2.57. The Kier molecular flexibility index (Phi) is 8.64. The minimum absolute atomic E-state index is 0.105. The number of nitrogens with zero attached hydrogens (tertiary/aromatic N) is 1. The lowest BCUT2D eigenvalue weighted by atomic mass is 9.69. The van der Waals surface area contributed by atoms with Crippen LogP contribution in [0.5, 0.6) is 0 Å². The Morgan fingerprint density at radius 2 is 1.67 bits per heavy atom. The van der Waals surface area contributed by atoms with Crippen LogP contribution < -0.4 is 5.32 Å². The zero-order valence-corrected chi connectivity index (χ0v) is 20.1. The maximum Gasteiger partial charge on any atom is 0.410 e. The van der Waals surface area contributed by atoms with Crippen molar-refractivity contribution in [3.8, 4) is 0 Å². The number of ether oxygens (including phenoxy) is 1. The molecule has 5 atom stereocenters. The number of nitrogens with one attached hydrogen (secondary N) is 1. The molecule has 0 bridgehead atoms. The standard InChI is InChI=1S/C23H40N2O5/c1-14-10-11-17(16(12-14)13-26)18(27)19(22(3,4)5)24-20(28)15(2)25(9)21(29)30-23(6,7)8/h13-17,19H,10-12H2,1-9H3,(H,24,28)/t14-,15+,16+,17?,19-/m1/s1. The molecule has 1 aliphatic carbocycles. The first-order valence-corrected chi connectivity index (χ1v) is 10.8. The Labute approximate surface area is 181 Å². The van der Waals surface area contributed by atoms with E-state index in [1.54, 1.807) is 27.7 Å². The third-order valence-electron chi connectivity index (χ3n) is 5.78. The van der Waals surface area contributed by atoms with Gasteiger partial charge in [0.25, 0.3) is 0 Å². The Hall–Kier alpha value is -1.92. The SMILES string of the molecule is C[C@@H]1CCC(C(=O)[C@@H](NC(=O)[C@H](C)N(C)C(=O)OC(C)(C)C)C(C)(C)C)[C@H](C=O)C1. The van der Waals surface area contributed by atoms with Crippen LogP contribution >= 0.6 is 0 Å². The summed E-state index contributed by atoms with van der Waals surface area (Å²) in [6.07, 6.45) is 2.52. The molecule has 0 aliphatic heterocycles. The van der Waals surface area contributed by atoms with E-state index in [0.29, 0.717) is 18.8 Å². The molecule has 1 aliphatic rings. The second kappa shape index (κ2) is 9.92. The van der Waals surface area contributed by atoms with Gasteiger partial charge in [0.05, 0.1) is 6.04 Å². The van der Waals surface area contributed by atoms with Crippen LogP contribution in [0.2, 0.25) is 0 Å². The molecule has 0 aromatic carbocycles. The maximum absolute atomic E-state index is 13.4. The Morgan fingerprint density at radius 1 is 1.10 bits per heavy atom. The lowest BCUT2D eigenvalue weighted by Gasteiger charge is -2.38. The normalized spacial score (nSPS) is 24.4. The molecule has 2 amide bonds. The predicted molar refractivity (Wildman–Crippen MR) is 116 cm³/mol. The monoisotopic (exact) mass is 424 g/mol. The van der Waals surface area contributed by atoms with Crippen LogP contribution in [0, 0.1) is 23.2 Å². The molecule has 0 radical (unpaired) electrons. The molecule has 0 spiro atoms. The molecule has 1 rings (SSSR count). The molecule has 1 saturated carbocycles. The molecule has 1 unspecified atom stereocenters. The van der Waals surface area contributed by atoms with Crippen molar-refractivity contribution in [3.05, 3.63) is 0 Å². The van der Waals surface area contributed by atoms with Crippen molar-refractivity contribution in [1.29, 1.82) is 0 Å². The van der Waals surface area contributed by atoms with E-state index in [2.05, 4.69) is 12.2 Å². The highest BCUT2D eigenvalue weighted by atomic mass is 16.6. The number of rotatable bonds is 6. The van der Waals surface area contributed by atoms with Crippen LogP contribution in [0.3, 0.4) is 0 Å². The Morgan fingerprint density at radius 3 is 2.13 bits per heavy atom. The molecule has 7 heteroatoms. The second-order valence-electron chi connectivity index (χ2n) is 10.8. The second-order valence-corrected chi connectivity index (χ2v) is 10.8. The predicted octanol–water partition coefficient (Wildman–Crippen LogP) is 3.59. The average Bonchev–Trinajstić information content (AvgIpc) is 2.61. The third kappa shape index (κ3) is 7.10. The van der Waals surface area contributed by atoms with E-state index in [0.717, 1.165) is 12.7 Å². The summed E-state index contributed by atoms with van der Waals surface area (Å²) in [5.41, 5.74) is -1.21. The van der Waals surface area contributed by atoms with Gasteiger partial charge in [-0.1, -0.05) is 27.7 Å². The van der Waals surface area contributed by atoms with E-state index >= 15 is 0 Å². The number of amides is 2. The van der Waals surface area contributed by atoms with Crippen molar-refractivity contribution in [2.45, 2.75) is 92.3 Å². The van der Waals surface area contributed by atoms with Crippen molar-refractivity contribution < 1.29 is 23.9 Å². The smallest absolute Gasteiger partial charge is 0.410 e. The maximum atomic E-state index is 13.4. The molecule has 0 aromatic rings. The molecular formula is C23H40N2O5. The zero-order chi connectivity index (χ0) is 23.4. The number of likely N-dealkylation sites (N-methyl/N-ethyl adjacent to an activating group) is 1. The first-order valence-electron chi connectivity index (χ1n) is 10.8. The summed E-state index contributed by atoms with van der Waals surface area (Å²) in [4.78, 5) is 51.4. The van der Waals surface area contributed by atoms with E-state index in [4.69, 9.17) is 4.74 Å². The highest BCUT2D eigenvalue weighted by Gasteiger charge is 2.42. The molecule has 1 fully saturated rings.